The summed E-state index contributed by atoms with van der Waals surface area (Å²) in [5.41, 5.74) is 0.688. The summed E-state index contributed by atoms with van der Waals surface area (Å²) in [6.07, 6.45) is 0. The molecule has 0 aliphatic heterocycles. The van der Waals surface area contributed by atoms with Crippen molar-refractivity contribution in [2.24, 2.45) is 0 Å². The SMILES string of the molecule is CCN(CC)C(=O)Cn1nc(C)c(S(=O)(=O)Cl)c1C. The number of hydrogen-bond acceptors (Lipinski definition) is 4. The molecular formula is C11H18ClN3O3S. The molecule has 0 atom stereocenters. The number of carbonyl (C=O) groups excluding carboxylic acids is 1. The molecule has 0 aliphatic rings. The minimum atomic E-state index is -3.85. The molecule has 6 nitrogen and oxygen atoms in total. The van der Waals surface area contributed by atoms with Gasteiger partial charge in [-0.25, -0.2) is 8.42 Å². The monoisotopic (exact) mass is 307 g/mol. The molecule has 0 fully saturated rings. The maximum atomic E-state index is 12.0. The Morgan fingerprint density at radius 1 is 1.32 bits per heavy atom. The first-order valence-corrected chi connectivity index (χ1v) is 8.29. The summed E-state index contributed by atoms with van der Waals surface area (Å²) >= 11 is 0. The standard InChI is InChI=1S/C11H18ClN3O3S/c1-5-14(6-2)10(16)7-15-9(4)11(8(3)13-15)19(12,17)18/h5-7H2,1-4H3. The van der Waals surface area contributed by atoms with Crippen LogP contribution in [0.25, 0.3) is 0 Å². The molecule has 0 saturated carbocycles. The van der Waals surface area contributed by atoms with E-state index in [9.17, 15) is 13.2 Å². The molecule has 0 aromatic carbocycles. The predicted molar refractivity (Wildman–Crippen MR) is 72.7 cm³/mol. The number of carbonyl (C=O) groups is 1. The lowest BCUT2D eigenvalue weighted by Gasteiger charge is -2.18. The third kappa shape index (κ3) is 3.48. The van der Waals surface area contributed by atoms with Gasteiger partial charge >= 0.3 is 0 Å². The fourth-order valence-electron chi connectivity index (χ4n) is 1.99. The van der Waals surface area contributed by atoms with Crippen molar-refractivity contribution in [3.05, 3.63) is 11.4 Å². The van der Waals surface area contributed by atoms with E-state index in [0.29, 0.717) is 24.5 Å². The Labute approximate surface area is 117 Å². The molecule has 1 aromatic heterocycles. The average Bonchev–Trinajstić information content (AvgIpc) is 2.54. The minimum absolute atomic E-state index is 0.0125. The number of aromatic nitrogens is 2. The Bertz CT molecular complexity index is 576. The molecule has 1 amide bonds. The molecule has 1 aromatic rings. The molecule has 0 radical (unpaired) electrons. The van der Waals surface area contributed by atoms with Crippen molar-refractivity contribution in [1.29, 1.82) is 0 Å². The number of rotatable bonds is 5. The van der Waals surface area contributed by atoms with Crippen LogP contribution >= 0.6 is 10.7 Å². The number of aryl methyl sites for hydroxylation is 1. The van der Waals surface area contributed by atoms with Crippen LogP contribution in [0.1, 0.15) is 25.2 Å². The fraction of sp³-hybridized carbons (Fsp3) is 0.636. The van der Waals surface area contributed by atoms with Gasteiger partial charge in [0, 0.05) is 23.8 Å². The zero-order valence-corrected chi connectivity index (χ0v) is 13.0. The smallest absolute Gasteiger partial charge is 0.264 e. The van der Waals surface area contributed by atoms with Crippen molar-refractivity contribution in [1.82, 2.24) is 14.7 Å². The second-order valence-electron chi connectivity index (χ2n) is 4.16. The molecule has 1 rings (SSSR count). The van der Waals surface area contributed by atoms with Crippen molar-refractivity contribution in [3.8, 4) is 0 Å². The highest BCUT2D eigenvalue weighted by atomic mass is 35.7. The third-order valence-corrected chi connectivity index (χ3v) is 4.50. The molecule has 0 aliphatic carbocycles. The summed E-state index contributed by atoms with van der Waals surface area (Å²) in [7, 11) is 1.51. The normalized spacial score (nSPS) is 11.6. The summed E-state index contributed by atoms with van der Waals surface area (Å²) in [6, 6.07) is 0. The lowest BCUT2D eigenvalue weighted by atomic mass is 10.4. The minimum Gasteiger partial charge on any atom is -0.342 e. The van der Waals surface area contributed by atoms with Crippen LogP contribution in [0.15, 0.2) is 4.90 Å². The number of hydrogen-bond donors (Lipinski definition) is 0. The third-order valence-electron chi connectivity index (χ3n) is 2.96. The zero-order valence-electron chi connectivity index (χ0n) is 11.5. The largest absolute Gasteiger partial charge is 0.342 e. The van der Waals surface area contributed by atoms with E-state index in [0.717, 1.165) is 0 Å². The topological polar surface area (TPSA) is 72.3 Å². The molecule has 0 unspecified atom stereocenters. The zero-order chi connectivity index (χ0) is 14.8. The molecule has 0 spiro atoms. The number of nitrogens with zero attached hydrogens (tertiary/aromatic N) is 3. The summed E-state index contributed by atoms with van der Waals surface area (Å²) in [5, 5.41) is 4.07. The van der Waals surface area contributed by atoms with E-state index in [4.69, 9.17) is 10.7 Å². The molecule has 8 heteroatoms. The number of halogens is 1. The van der Waals surface area contributed by atoms with Crippen LogP contribution in [0.2, 0.25) is 0 Å². The number of likely N-dealkylation sites (N-methyl/N-ethyl adjacent to an activating group) is 1. The highest BCUT2D eigenvalue weighted by molar-refractivity contribution is 8.13. The van der Waals surface area contributed by atoms with Gasteiger partial charge < -0.3 is 4.90 Å². The van der Waals surface area contributed by atoms with Crippen molar-refractivity contribution in [3.63, 3.8) is 0 Å². The van der Waals surface area contributed by atoms with Gasteiger partial charge in [-0.05, 0) is 27.7 Å². The Balaban J connectivity index is 3.09. The quantitative estimate of drug-likeness (QED) is 0.769. The highest BCUT2D eigenvalue weighted by Gasteiger charge is 2.23. The maximum Gasteiger partial charge on any atom is 0.264 e. The van der Waals surface area contributed by atoms with Crippen LogP contribution in [-0.2, 0) is 20.4 Å². The Morgan fingerprint density at radius 2 is 1.84 bits per heavy atom. The second kappa shape index (κ2) is 5.92. The first kappa shape index (κ1) is 16.0. The molecule has 19 heavy (non-hydrogen) atoms. The lowest BCUT2D eigenvalue weighted by Crippen LogP contribution is -2.34. The van der Waals surface area contributed by atoms with Gasteiger partial charge in [0.05, 0.1) is 11.4 Å². The van der Waals surface area contributed by atoms with Gasteiger partial charge in [0.1, 0.15) is 11.4 Å². The van der Waals surface area contributed by atoms with Gasteiger partial charge in [-0.15, -0.1) is 0 Å². The van der Waals surface area contributed by atoms with Crippen LogP contribution in [0.5, 0.6) is 0 Å². The van der Waals surface area contributed by atoms with Crippen LogP contribution < -0.4 is 0 Å². The van der Waals surface area contributed by atoms with E-state index >= 15 is 0 Å². The van der Waals surface area contributed by atoms with E-state index in [2.05, 4.69) is 5.10 Å². The van der Waals surface area contributed by atoms with Crippen molar-refractivity contribution in [2.45, 2.75) is 39.1 Å². The molecule has 1 heterocycles. The Kier molecular flexibility index (Phi) is 4.98. The predicted octanol–water partition coefficient (Wildman–Crippen LogP) is 1.30. The first-order valence-electron chi connectivity index (χ1n) is 5.98. The molecular weight excluding hydrogens is 290 g/mol. The highest BCUT2D eigenvalue weighted by Crippen LogP contribution is 2.23. The van der Waals surface area contributed by atoms with Gasteiger partial charge in [0.25, 0.3) is 9.05 Å². The fourth-order valence-corrected chi connectivity index (χ4v) is 3.51. The van der Waals surface area contributed by atoms with Crippen molar-refractivity contribution < 1.29 is 13.2 Å². The average molecular weight is 308 g/mol. The van der Waals surface area contributed by atoms with E-state index in [1.165, 1.54) is 4.68 Å². The molecule has 0 saturated heterocycles. The van der Waals surface area contributed by atoms with E-state index in [1.54, 1.807) is 18.7 Å². The maximum absolute atomic E-state index is 12.0. The molecule has 108 valence electrons. The summed E-state index contributed by atoms with van der Waals surface area (Å²) in [6.45, 7) is 8.14. The van der Waals surface area contributed by atoms with Gasteiger partial charge in [0.2, 0.25) is 5.91 Å². The van der Waals surface area contributed by atoms with Gasteiger partial charge in [0.15, 0.2) is 0 Å². The molecule has 0 bridgehead atoms. The van der Waals surface area contributed by atoms with Crippen molar-refractivity contribution >= 4 is 25.6 Å². The lowest BCUT2D eigenvalue weighted by molar-refractivity contribution is -0.131. The summed E-state index contributed by atoms with van der Waals surface area (Å²) < 4.78 is 24.3. The van der Waals surface area contributed by atoms with Crippen molar-refractivity contribution in [2.75, 3.05) is 13.1 Å². The van der Waals surface area contributed by atoms with Crippen LogP contribution in [0.4, 0.5) is 0 Å². The number of amides is 1. The van der Waals surface area contributed by atoms with E-state index in [-0.39, 0.29) is 17.3 Å². The van der Waals surface area contributed by atoms with Gasteiger partial charge in [-0.3, -0.25) is 9.48 Å². The van der Waals surface area contributed by atoms with Gasteiger partial charge in [-0.1, -0.05) is 0 Å². The Morgan fingerprint density at radius 3 is 2.21 bits per heavy atom. The summed E-state index contributed by atoms with van der Waals surface area (Å²) in [4.78, 5) is 13.6. The van der Waals surface area contributed by atoms with E-state index < -0.39 is 9.05 Å². The van der Waals surface area contributed by atoms with E-state index in [1.807, 2.05) is 13.8 Å². The van der Waals surface area contributed by atoms with Crippen LogP contribution in [-0.4, -0.2) is 42.1 Å². The van der Waals surface area contributed by atoms with Gasteiger partial charge in [-0.2, -0.15) is 5.10 Å². The van der Waals surface area contributed by atoms with Crippen LogP contribution in [0, 0.1) is 13.8 Å². The second-order valence-corrected chi connectivity index (χ2v) is 6.66. The Hall–Kier alpha value is -1.08. The first-order chi connectivity index (χ1) is 8.72. The molecule has 0 N–H and O–H groups in total. The van der Waals surface area contributed by atoms with Crippen LogP contribution in [0.3, 0.4) is 0 Å². The summed E-state index contributed by atoms with van der Waals surface area (Å²) in [5.74, 6) is -0.103.